The van der Waals surface area contributed by atoms with Crippen molar-refractivity contribution in [2.24, 2.45) is 11.7 Å². The highest BCUT2D eigenvalue weighted by atomic mass is 16.1. The molecule has 1 amide bonds. The molecule has 0 bridgehead atoms. The topological polar surface area (TPSA) is 81.1 Å². The van der Waals surface area contributed by atoms with Crippen molar-refractivity contribution >= 4 is 17.3 Å². The second kappa shape index (κ2) is 4.88. The Labute approximate surface area is 96.0 Å². The van der Waals surface area contributed by atoms with Crippen molar-refractivity contribution in [3.05, 3.63) is 23.8 Å². The molecule has 16 heavy (non-hydrogen) atoms. The normalized spacial score (nSPS) is 12.5. The van der Waals surface area contributed by atoms with Crippen LogP contribution < -0.4 is 16.8 Å². The van der Waals surface area contributed by atoms with Gasteiger partial charge in [0.05, 0.1) is 5.56 Å². The minimum absolute atomic E-state index is 0.323. The number of nitrogen functional groups attached to an aromatic ring is 1. The van der Waals surface area contributed by atoms with Gasteiger partial charge in [0.25, 0.3) is 5.91 Å². The van der Waals surface area contributed by atoms with E-state index in [-0.39, 0.29) is 0 Å². The molecule has 5 N–H and O–H groups in total. The molecule has 4 heteroatoms. The Morgan fingerprint density at radius 3 is 2.44 bits per heavy atom. The molecule has 1 aromatic carbocycles. The average Bonchev–Trinajstić information content (AvgIpc) is 2.20. The summed E-state index contributed by atoms with van der Waals surface area (Å²) in [5, 5.41) is 3.30. The van der Waals surface area contributed by atoms with Gasteiger partial charge in [-0.15, -0.1) is 0 Å². The molecule has 88 valence electrons. The van der Waals surface area contributed by atoms with E-state index in [1.165, 1.54) is 0 Å². The Hall–Kier alpha value is -1.71. The quantitative estimate of drug-likeness (QED) is 0.678. The summed E-state index contributed by atoms with van der Waals surface area (Å²) in [6.45, 7) is 6.35. The maximum Gasteiger partial charge on any atom is 0.250 e. The lowest BCUT2D eigenvalue weighted by Crippen LogP contribution is -2.22. The number of benzene rings is 1. The number of hydrogen-bond acceptors (Lipinski definition) is 3. The number of primary amides is 1. The molecule has 0 radical (unpaired) electrons. The van der Waals surface area contributed by atoms with E-state index in [0.29, 0.717) is 23.2 Å². The fraction of sp³-hybridized carbons (Fsp3) is 0.417. The summed E-state index contributed by atoms with van der Waals surface area (Å²) in [5.74, 6) is 0.00734. The number of amides is 1. The van der Waals surface area contributed by atoms with Gasteiger partial charge in [0, 0.05) is 17.4 Å². The number of nitrogens with one attached hydrogen (secondary N) is 1. The Kier molecular flexibility index (Phi) is 3.77. The molecule has 1 aromatic rings. The predicted molar refractivity (Wildman–Crippen MR) is 67.3 cm³/mol. The van der Waals surface area contributed by atoms with Gasteiger partial charge in [-0.1, -0.05) is 13.8 Å². The molecule has 1 rings (SSSR count). The fourth-order valence-corrected chi connectivity index (χ4v) is 1.29. The first-order valence-electron chi connectivity index (χ1n) is 5.37. The van der Waals surface area contributed by atoms with Crippen LogP contribution in [0, 0.1) is 5.92 Å². The molecule has 0 fully saturated rings. The highest BCUT2D eigenvalue weighted by molar-refractivity contribution is 5.98. The molecule has 0 spiro atoms. The van der Waals surface area contributed by atoms with Gasteiger partial charge in [-0.2, -0.15) is 0 Å². The first-order valence-corrected chi connectivity index (χ1v) is 5.37. The third-order valence-corrected chi connectivity index (χ3v) is 2.71. The molecule has 0 aliphatic carbocycles. The van der Waals surface area contributed by atoms with Gasteiger partial charge in [-0.25, -0.2) is 0 Å². The van der Waals surface area contributed by atoms with Gasteiger partial charge >= 0.3 is 0 Å². The van der Waals surface area contributed by atoms with E-state index in [1.807, 2.05) is 6.07 Å². The maximum absolute atomic E-state index is 11.1. The van der Waals surface area contributed by atoms with Crippen LogP contribution in [-0.2, 0) is 0 Å². The monoisotopic (exact) mass is 221 g/mol. The van der Waals surface area contributed by atoms with Gasteiger partial charge < -0.3 is 16.8 Å². The number of anilines is 2. The average molecular weight is 221 g/mol. The van der Waals surface area contributed by atoms with Crippen molar-refractivity contribution in [3.63, 3.8) is 0 Å². The van der Waals surface area contributed by atoms with Crippen molar-refractivity contribution in [2.45, 2.75) is 26.8 Å². The van der Waals surface area contributed by atoms with Gasteiger partial charge in [-0.05, 0) is 31.0 Å². The summed E-state index contributed by atoms with van der Waals surface area (Å²) in [4.78, 5) is 11.1. The summed E-state index contributed by atoms with van der Waals surface area (Å²) in [5.41, 5.74) is 12.5. The van der Waals surface area contributed by atoms with Crippen molar-refractivity contribution < 1.29 is 4.79 Å². The second-order valence-corrected chi connectivity index (χ2v) is 4.34. The van der Waals surface area contributed by atoms with E-state index in [0.717, 1.165) is 5.69 Å². The molecule has 0 aromatic heterocycles. The van der Waals surface area contributed by atoms with Crippen molar-refractivity contribution in [3.8, 4) is 0 Å². The molecule has 0 aliphatic heterocycles. The van der Waals surface area contributed by atoms with Gasteiger partial charge in [-0.3, -0.25) is 4.79 Å². The highest BCUT2D eigenvalue weighted by Crippen LogP contribution is 2.19. The van der Waals surface area contributed by atoms with E-state index < -0.39 is 5.91 Å². The zero-order chi connectivity index (χ0) is 12.3. The Bertz CT molecular complexity index is 388. The second-order valence-electron chi connectivity index (χ2n) is 4.34. The molecule has 0 heterocycles. The summed E-state index contributed by atoms with van der Waals surface area (Å²) < 4.78 is 0. The molecule has 4 nitrogen and oxygen atoms in total. The van der Waals surface area contributed by atoms with Crippen molar-refractivity contribution in [2.75, 3.05) is 11.1 Å². The van der Waals surface area contributed by atoms with Crippen LogP contribution in [0.1, 0.15) is 31.1 Å². The molecular formula is C12H19N3O. The lowest BCUT2D eigenvalue weighted by Gasteiger charge is -2.19. The summed E-state index contributed by atoms with van der Waals surface area (Å²) in [7, 11) is 0. The minimum Gasteiger partial charge on any atom is -0.398 e. The highest BCUT2D eigenvalue weighted by Gasteiger charge is 2.10. The zero-order valence-corrected chi connectivity index (χ0v) is 9.95. The Balaban J connectivity index is 2.91. The first-order chi connectivity index (χ1) is 7.41. The van der Waals surface area contributed by atoms with Gasteiger partial charge in [0.15, 0.2) is 0 Å². The van der Waals surface area contributed by atoms with Gasteiger partial charge in [0.2, 0.25) is 0 Å². The van der Waals surface area contributed by atoms with Crippen LogP contribution in [-0.4, -0.2) is 11.9 Å². The Morgan fingerprint density at radius 2 is 1.94 bits per heavy atom. The van der Waals surface area contributed by atoms with E-state index in [9.17, 15) is 4.79 Å². The molecular weight excluding hydrogens is 202 g/mol. The van der Waals surface area contributed by atoms with Crippen LogP contribution in [0.3, 0.4) is 0 Å². The fourth-order valence-electron chi connectivity index (χ4n) is 1.29. The Morgan fingerprint density at radius 1 is 1.31 bits per heavy atom. The van der Waals surface area contributed by atoms with Crippen LogP contribution in [0.15, 0.2) is 18.2 Å². The lowest BCUT2D eigenvalue weighted by molar-refractivity contribution is 0.100. The summed E-state index contributed by atoms with van der Waals surface area (Å²) in [6, 6.07) is 5.55. The largest absolute Gasteiger partial charge is 0.398 e. The van der Waals surface area contributed by atoms with Crippen LogP contribution >= 0.6 is 0 Å². The molecule has 1 unspecified atom stereocenters. The maximum atomic E-state index is 11.1. The zero-order valence-electron chi connectivity index (χ0n) is 9.95. The van der Waals surface area contributed by atoms with E-state index >= 15 is 0 Å². The smallest absolute Gasteiger partial charge is 0.250 e. The van der Waals surface area contributed by atoms with E-state index in [1.54, 1.807) is 12.1 Å². The van der Waals surface area contributed by atoms with E-state index in [2.05, 4.69) is 26.1 Å². The summed E-state index contributed by atoms with van der Waals surface area (Å²) in [6.07, 6.45) is 0. The van der Waals surface area contributed by atoms with Crippen molar-refractivity contribution in [1.29, 1.82) is 0 Å². The SMILES string of the molecule is CC(C)C(C)Nc1ccc(N)c(C(N)=O)c1. The summed E-state index contributed by atoms with van der Waals surface area (Å²) >= 11 is 0. The molecule has 0 saturated carbocycles. The number of carbonyl (C=O) groups excluding carboxylic acids is 1. The van der Waals surface area contributed by atoms with Crippen LogP contribution in [0.4, 0.5) is 11.4 Å². The standard InChI is InChI=1S/C12H19N3O/c1-7(2)8(3)15-9-4-5-11(13)10(6-9)12(14)16/h4-8,15H,13H2,1-3H3,(H2,14,16). The molecule has 0 saturated heterocycles. The first kappa shape index (κ1) is 12.4. The van der Waals surface area contributed by atoms with E-state index in [4.69, 9.17) is 11.5 Å². The van der Waals surface area contributed by atoms with Gasteiger partial charge in [0.1, 0.15) is 0 Å². The number of carbonyl (C=O) groups is 1. The molecule has 1 atom stereocenters. The van der Waals surface area contributed by atoms with Crippen LogP contribution in [0.5, 0.6) is 0 Å². The van der Waals surface area contributed by atoms with Crippen LogP contribution in [0.25, 0.3) is 0 Å². The lowest BCUT2D eigenvalue weighted by atomic mass is 10.1. The van der Waals surface area contributed by atoms with Crippen molar-refractivity contribution in [1.82, 2.24) is 0 Å². The third-order valence-electron chi connectivity index (χ3n) is 2.71. The molecule has 0 aliphatic rings. The number of rotatable bonds is 4. The van der Waals surface area contributed by atoms with Crippen LogP contribution in [0.2, 0.25) is 0 Å². The number of nitrogens with two attached hydrogens (primary N) is 2. The number of hydrogen-bond donors (Lipinski definition) is 3. The third kappa shape index (κ3) is 2.89. The minimum atomic E-state index is -0.502. The predicted octanol–water partition coefficient (Wildman–Crippen LogP) is 1.82.